The molecular weight excluding hydrogens is 318 g/mol. The second kappa shape index (κ2) is 5.14. The standard InChI is InChI=1S/C15H16BrN3O/c1-9-6-13(15(20)19-5-4-11(17)8-19)12-7-10(16)2-3-14(12)18-9/h2-3,6-7,11H,4-5,8,17H2,1H3/t11-/m0/s1. The van der Waals surface area contributed by atoms with E-state index in [2.05, 4.69) is 20.9 Å². The lowest BCUT2D eigenvalue weighted by Crippen LogP contribution is -2.32. The molecule has 2 N–H and O–H groups in total. The minimum Gasteiger partial charge on any atom is -0.337 e. The number of hydrogen-bond donors (Lipinski definition) is 1. The minimum atomic E-state index is 0.0477. The van der Waals surface area contributed by atoms with E-state index in [1.54, 1.807) is 0 Å². The van der Waals surface area contributed by atoms with Gasteiger partial charge >= 0.3 is 0 Å². The third kappa shape index (κ3) is 2.43. The maximum absolute atomic E-state index is 12.7. The summed E-state index contributed by atoms with van der Waals surface area (Å²) in [6.45, 7) is 3.28. The molecule has 5 heteroatoms. The largest absolute Gasteiger partial charge is 0.337 e. The molecule has 1 atom stereocenters. The van der Waals surface area contributed by atoms with E-state index < -0.39 is 0 Å². The summed E-state index contributed by atoms with van der Waals surface area (Å²) in [6.07, 6.45) is 0.872. The summed E-state index contributed by atoms with van der Waals surface area (Å²) >= 11 is 3.45. The Balaban J connectivity index is 2.10. The summed E-state index contributed by atoms with van der Waals surface area (Å²) in [5.41, 5.74) is 8.31. The van der Waals surface area contributed by atoms with Gasteiger partial charge < -0.3 is 10.6 Å². The van der Waals surface area contributed by atoms with Crippen molar-refractivity contribution < 1.29 is 4.79 Å². The maximum atomic E-state index is 12.7. The summed E-state index contributed by atoms with van der Waals surface area (Å²) in [7, 11) is 0. The highest BCUT2D eigenvalue weighted by molar-refractivity contribution is 9.10. The van der Waals surface area contributed by atoms with Crippen LogP contribution in [0.1, 0.15) is 22.5 Å². The first-order valence-corrected chi connectivity index (χ1v) is 7.45. The Kier molecular flexibility index (Phi) is 3.48. The molecule has 0 aliphatic carbocycles. The summed E-state index contributed by atoms with van der Waals surface area (Å²) in [6, 6.07) is 7.78. The second-order valence-electron chi connectivity index (χ2n) is 5.27. The molecule has 1 fully saturated rings. The molecule has 4 nitrogen and oxygen atoms in total. The molecule has 1 amide bonds. The van der Waals surface area contributed by atoms with E-state index in [0.29, 0.717) is 12.1 Å². The number of hydrogen-bond acceptors (Lipinski definition) is 3. The topological polar surface area (TPSA) is 59.2 Å². The van der Waals surface area contributed by atoms with Gasteiger partial charge in [-0.25, -0.2) is 0 Å². The fourth-order valence-electron chi connectivity index (χ4n) is 2.65. The third-order valence-corrected chi connectivity index (χ3v) is 4.13. The molecule has 0 radical (unpaired) electrons. The molecule has 1 aliphatic rings. The quantitative estimate of drug-likeness (QED) is 0.872. The van der Waals surface area contributed by atoms with Crippen molar-refractivity contribution in [3.63, 3.8) is 0 Å². The van der Waals surface area contributed by atoms with Gasteiger partial charge in [-0.1, -0.05) is 15.9 Å². The lowest BCUT2D eigenvalue weighted by Gasteiger charge is -2.17. The Morgan fingerprint density at radius 3 is 2.95 bits per heavy atom. The molecule has 1 aromatic carbocycles. The van der Waals surface area contributed by atoms with Crippen molar-refractivity contribution in [3.05, 3.63) is 40.0 Å². The van der Waals surface area contributed by atoms with Gasteiger partial charge in [0.25, 0.3) is 5.91 Å². The summed E-state index contributed by atoms with van der Waals surface area (Å²) in [5.74, 6) is 0.0477. The Bertz CT molecular complexity index is 686. The molecule has 2 aromatic rings. The molecule has 1 aromatic heterocycles. The van der Waals surface area contributed by atoms with Gasteiger partial charge in [0.05, 0.1) is 11.1 Å². The molecule has 0 spiro atoms. The smallest absolute Gasteiger partial charge is 0.254 e. The van der Waals surface area contributed by atoms with Crippen LogP contribution in [-0.2, 0) is 0 Å². The highest BCUT2D eigenvalue weighted by Gasteiger charge is 2.26. The highest BCUT2D eigenvalue weighted by Crippen LogP contribution is 2.25. The van der Waals surface area contributed by atoms with E-state index in [9.17, 15) is 4.79 Å². The van der Waals surface area contributed by atoms with E-state index in [-0.39, 0.29) is 11.9 Å². The minimum absolute atomic E-state index is 0.0477. The van der Waals surface area contributed by atoms with Crippen molar-refractivity contribution in [1.29, 1.82) is 0 Å². The number of carbonyl (C=O) groups is 1. The van der Waals surface area contributed by atoms with E-state index in [0.717, 1.165) is 34.0 Å². The third-order valence-electron chi connectivity index (χ3n) is 3.64. The first-order chi connectivity index (χ1) is 9.54. The van der Waals surface area contributed by atoms with Gasteiger partial charge in [0.1, 0.15) is 0 Å². The zero-order valence-electron chi connectivity index (χ0n) is 11.3. The Morgan fingerprint density at radius 1 is 1.45 bits per heavy atom. The van der Waals surface area contributed by atoms with Gasteiger partial charge in [0.2, 0.25) is 0 Å². The molecule has 1 saturated heterocycles. The SMILES string of the molecule is Cc1cc(C(=O)N2CC[C@H](N)C2)c2cc(Br)ccc2n1. The van der Waals surface area contributed by atoms with Crippen LogP contribution >= 0.6 is 15.9 Å². The van der Waals surface area contributed by atoms with Crippen LogP contribution in [0.4, 0.5) is 0 Å². The fourth-order valence-corrected chi connectivity index (χ4v) is 3.01. The molecule has 104 valence electrons. The van der Waals surface area contributed by atoms with Gasteiger partial charge in [0.15, 0.2) is 0 Å². The Labute approximate surface area is 126 Å². The van der Waals surface area contributed by atoms with Crippen molar-refractivity contribution in [3.8, 4) is 0 Å². The van der Waals surface area contributed by atoms with E-state index in [1.807, 2.05) is 36.1 Å². The van der Waals surface area contributed by atoms with Gasteiger partial charge in [-0.15, -0.1) is 0 Å². The molecule has 0 bridgehead atoms. The van der Waals surface area contributed by atoms with Gasteiger partial charge in [-0.05, 0) is 37.6 Å². The summed E-state index contributed by atoms with van der Waals surface area (Å²) in [4.78, 5) is 19.0. The Morgan fingerprint density at radius 2 is 2.25 bits per heavy atom. The van der Waals surface area contributed by atoms with Crippen molar-refractivity contribution >= 4 is 32.7 Å². The van der Waals surface area contributed by atoms with Crippen LogP contribution in [0.3, 0.4) is 0 Å². The molecular formula is C15H16BrN3O. The van der Waals surface area contributed by atoms with Crippen LogP contribution in [0.15, 0.2) is 28.7 Å². The van der Waals surface area contributed by atoms with Crippen LogP contribution in [0, 0.1) is 6.92 Å². The van der Waals surface area contributed by atoms with Crippen LogP contribution in [0.5, 0.6) is 0 Å². The van der Waals surface area contributed by atoms with Gasteiger partial charge in [-0.3, -0.25) is 9.78 Å². The first kappa shape index (κ1) is 13.5. The molecule has 0 saturated carbocycles. The van der Waals surface area contributed by atoms with Crippen molar-refractivity contribution in [2.45, 2.75) is 19.4 Å². The van der Waals surface area contributed by atoms with Crippen LogP contribution in [0.25, 0.3) is 10.9 Å². The van der Waals surface area contributed by atoms with Gasteiger partial charge in [0, 0.05) is 34.7 Å². The molecule has 3 rings (SSSR count). The van der Waals surface area contributed by atoms with Crippen LogP contribution in [-0.4, -0.2) is 34.9 Å². The number of nitrogens with two attached hydrogens (primary N) is 1. The number of likely N-dealkylation sites (tertiary alicyclic amines) is 1. The molecule has 1 aliphatic heterocycles. The van der Waals surface area contributed by atoms with E-state index >= 15 is 0 Å². The van der Waals surface area contributed by atoms with E-state index in [4.69, 9.17) is 5.73 Å². The average molecular weight is 334 g/mol. The predicted octanol–water partition coefficient (Wildman–Crippen LogP) is 2.48. The summed E-state index contributed by atoms with van der Waals surface area (Å²) < 4.78 is 0.947. The number of fused-ring (bicyclic) bond motifs is 1. The highest BCUT2D eigenvalue weighted by atomic mass is 79.9. The predicted molar refractivity (Wildman–Crippen MR) is 82.7 cm³/mol. The second-order valence-corrected chi connectivity index (χ2v) is 6.19. The first-order valence-electron chi connectivity index (χ1n) is 6.66. The zero-order chi connectivity index (χ0) is 14.3. The fraction of sp³-hybridized carbons (Fsp3) is 0.333. The number of halogens is 1. The number of nitrogens with zero attached hydrogens (tertiary/aromatic N) is 2. The van der Waals surface area contributed by atoms with Crippen molar-refractivity contribution in [2.75, 3.05) is 13.1 Å². The number of pyridine rings is 1. The molecule has 0 unspecified atom stereocenters. The normalized spacial score (nSPS) is 18.8. The van der Waals surface area contributed by atoms with Crippen LogP contribution < -0.4 is 5.73 Å². The summed E-state index contributed by atoms with van der Waals surface area (Å²) in [5, 5.41) is 0.885. The van der Waals surface area contributed by atoms with Crippen molar-refractivity contribution in [2.24, 2.45) is 5.73 Å². The number of benzene rings is 1. The number of carbonyl (C=O) groups excluding carboxylic acids is 1. The Hall–Kier alpha value is -1.46. The zero-order valence-corrected chi connectivity index (χ0v) is 12.9. The maximum Gasteiger partial charge on any atom is 0.254 e. The number of aromatic nitrogens is 1. The monoisotopic (exact) mass is 333 g/mol. The number of amides is 1. The lowest BCUT2D eigenvalue weighted by atomic mass is 10.1. The number of aryl methyl sites for hydroxylation is 1. The molecule has 20 heavy (non-hydrogen) atoms. The lowest BCUT2D eigenvalue weighted by molar-refractivity contribution is 0.0792. The average Bonchev–Trinajstić information content (AvgIpc) is 2.84. The van der Waals surface area contributed by atoms with Crippen LogP contribution in [0.2, 0.25) is 0 Å². The van der Waals surface area contributed by atoms with E-state index in [1.165, 1.54) is 0 Å². The van der Waals surface area contributed by atoms with Gasteiger partial charge in [-0.2, -0.15) is 0 Å². The van der Waals surface area contributed by atoms with Crippen molar-refractivity contribution in [1.82, 2.24) is 9.88 Å². The molecule has 2 heterocycles. The number of rotatable bonds is 1.